The molecule has 0 spiro atoms. The topological polar surface area (TPSA) is 193 Å². The highest BCUT2D eigenvalue weighted by Crippen LogP contribution is 2.28. The van der Waals surface area contributed by atoms with E-state index in [9.17, 15) is 24.0 Å². The molecule has 0 bridgehead atoms. The van der Waals surface area contributed by atoms with Gasteiger partial charge in [-0.15, -0.1) is 0 Å². The lowest BCUT2D eigenvalue weighted by molar-refractivity contribution is -0.143. The van der Waals surface area contributed by atoms with Crippen LogP contribution in [0.2, 0.25) is 0 Å². The van der Waals surface area contributed by atoms with Crippen LogP contribution in [0.15, 0.2) is 71.8 Å². The smallest absolute Gasteiger partial charge is 0.343 e. The van der Waals surface area contributed by atoms with E-state index in [-0.39, 0.29) is 24.3 Å². The summed E-state index contributed by atoms with van der Waals surface area (Å²) in [7, 11) is 2.53. The van der Waals surface area contributed by atoms with Gasteiger partial charge in [0.25, 0.3) is 5.56 Å². The zero-order chi connectivity index (χ0) is 38.8. The number of aromatic nitrogens is 5. The molecule has 1 fully saturated rings. The number of amides is 3. The molecule has 4 heterocycles. The van der Waals surface area contributed by atoms with Gasteiger partial charge in [0, 0.05) is 47.8 Å². The van der Waals surface area contributed by atoms with Crippen molar-refractivity contribution in [2.75, 3.05) is 27.3 Å². The van der Waals surface area contributed by atoms with Crippen LogP contribution in [-0.2, 0) is 31.9 Å². The van der Waals surface area contributed by atoms with E-state index in [1.807, 2.05) is 62.4 Å². The molecule has 0 aliphatic carbocycles. The highest BCUT2D eigenvalue weighted by atomic mass is 16.5. The number of esters is 2. The third-order valence-corrected chi connectivity index (χ3v) is 10.4. The quantitative estimate of drug-likeness (QED) is 0.155. The number of nitrogens with zero attached hydrogens (tertiary/aromatic N) is 4. The minimum atomic E-state index is -0.989. The summed E-state index contributed by atoms with van der Waals surface area (Å²) in [6, 6.07) is 14.0. The summed E-state index contributed by atoms with van der Waals surface area (Å²) in [5.41, 5.74) is 5.97. The number of ether oxygens (including phenoxy) is 2. The van der Waals surface area contributed by atoms with Gasteiger partial charge in [-0.2, -0.15) is 14.9 Å². The van der Waals surface area contributed by atoms with Gasteiger partial charge in [-0.1, -0.05) is 30.3 Å². The molecular formula is C40H42N8O7. The minimum absolute atomic E-state index is 0.000228. The zero-order valence-corrected chi connectivity index (χ0v) is 31.0. The number of aryl methyl sites for hydroxylation is 2. The lowest BCUT2D eigenvalue weighted by Crippen LogP contribution is -2.51. The van der Waals surface area contributed by atoms with Crippen molar-refractivity contribution in [1.82, 2.24) is 40.5 Å². The van der Waals surface area contributed by atoms with Crippen LogP contribution in [0.3, 0.4) is 0 Å². The van der Waals surface area contributed by atoms with Crippen molar-refractivity contribution >= 4 is 56.7 Å². The van der Waals surface area contributed by atoms with Gasteiger partial charge in [0.1, 0.15) is 12.1 Å². The van der Waals surface area contributed by atoms with Crippen LogP contribution in [0.25, 0.3) is 32.7 Å². The molecule has 0 saturated carbocycles. The molecule has 1 aliphatic heterocycles. The number of pyridine rings is 1. The van der Waals surface area contributed by atoms with E-state index >= 15 is 0 Å². The Morgan fingerprint density at radius 2 is 1.45 bits per heavy atom. The standard InChI is InChI=1S/C40H42N8O7/c1-22-13-24(15-28-20-41-46-34(22)28)17-33(38(51)55-4)45-40(53)48-35-23(2)14-25(16-29(35)21-42-48)18-32(37(50)54-3)44-39(52)47-11-9-26(10-12-47)30-19-27-7-5-6-8-31(27)43-36(30)49/h5-8,13-16,19-21,26,32-33H,9-12,17-18H2,1-4H3,(H,41,46)(H,43,49)(H,44,52)(H,45,53)/t32-,33-/m1/s1. The first-order valence-electron chi connectivity index (χ1n) is 18.1. The van der Waals surface area contributed by atoms with Crippen LogP contribution in [0.1, 0.15) is 46.6 Å². The highest BCUT2D eigenvalue weighted by Gasteiger charge is 2.30. The van der Waals surface area contributed by atoms with Crippen molar-refractivity contribution in [1.29, 1.82) is 0 Å². The number of rotatable bonds is 9. The molecule has 6 aromatic rings. The molecule has 7 rings (SSSR count). The molecule has 2 atom stereocenters. The molecular weight excluding hydrogens is 704 g/mol. The van der Waals surface area contributed by atoms with E-state index in [0.29, 0.717) is 53.5 Å². The van der Waals surface area contributed by atoms with Gasteiger partial charge in [-0.05, 0) is 84.5 Å². The van der Waals surface area contributed by atoms with E-state index in [2.05, 4.69) is 30.9 Å². The number of hydrogen-bond donors (Lipinski definition) is 4. The second-order valence-corrected chi connectivity index (χ2v) is 14.0. The Morgan fingerprint density at radius 3 is 2.15 bits per heavy atom. The fourth-order valence-corrected chi connectivity index (χ4v) is 7.61. The zero-order valence-electron chi connectivity index (χ0n) is 31.0. The van der Waals surface area contributed by atoms with E-state index in [0.717, 1.165) is 32.9 Å². The van der Waals surface area contributed by atoms with Crippen LogP contribution in [0.4, 0.5) is 9.59 Å². The van der Waals surface area contributed by atoms with Crippen LogP contribution in [-0.4, -0.2) is 93.3 Å². The molecule has 284 valence electrons. The molecule has 0 unspecified atom stereocenters. The van der Waals surface area contributed by atoms with Gasteiger partial charge in [-0.3, -0.25) is 9.89 Å². The number of nitrogens with one attached hydrogen (secondary N) is 4. The molecule has 4 N–H and O–H groups in total. The Morgan fingerprint density at radius 1 is 0.818 bits per heavy atom. The Hall–Kier alpha value is -6.51. The Bertz CT molecular complexity index is 2490. The maximum atomic E-state index is 13.6. The number of methoxy groups -OCH3 is 2. The lowest BCUT2D eigenvalue weighted by Gasteiger charge is -2.33. The number of H-pyrrole nitrogens is 2. The number of fused-ring (bicyclic) bond motifs is 3. The number of carbonyl (C=O) groups is 4. The number of urea groups is 1. The number of carbonyl (C=O) groups excluding carboxylic acids is 4. The van der Waals surface area contributed by atoms with Crippen LogP contribution >= 0.6 is 0 Å². The summed E-state index contributed by atoms with van der Waals surface area (Å²) >= 11 is 0. The highest BCUT2D eigenvalue weighted by molar-refractivity contribution is 5.94. The van der Waals surface area contributed by atoms with Gasteiger partial charge in [-0.25, -0.2) is 19.2 Å². The average Bonchev–Trinajstić information content (AvgIpc) is 3.85. The maximum absolute atomic E-state index is 13.6. The first kappa shape index (κ1) is 36.8. The fourth-order valence-electron chi connectivity index (χ4n) is 7.61. The number of benzene rings is 3. The van der Waals surface area contributed by atoms with Crippen molar-refractivity contribution in [3.8, 4) is 0 Å². The lowest BCUT2D eigenvalue weighted by atomic mass is 9.89. The molecule has 0 radical (unpaired) electrons. The summed E-state index contributed by atoms with van der Waals surface area (Å²) in [4.78, 5) is 70.2. The molecule has 15 heteroatoms. The molecule has 1 saturated heterocycles. The third kappa shape index (κ3) is 7.63. The Kier molecular flexibility index (Phi) is 10.4. The van der Waals surface area contributed by atoms with Crippen molar-refractivity contribution < 1.29 is 28.7 Å². The monoisotopic (exact) mass is 746 g/mol. The molecule has 15 nitrogen and oxygen atoms in total. The number of para-hydroxylation sites is 1. The van der Waals surface area contributed by atoms with Crippen molar-refractivity contribution in [2.24, 2.45) is 0 Å². The first-order chi connectivity index (χ1) is 26.5. The fraction of sp³-hybridized carbons (Fsp3) is 0.325. The summed E-state index contributed by atoms with van der Waals surface area (Å²) in [5, 5.41) is 19.5. The second kappa shape index (κ2) is 15.5. The van der Waals surface area contributed by atoms with E-state index in [4.69, 9.17) is 9.47 Å². The van der Waals surface area contributed by atoms with Crippen molar-refractivity contribution in [2.45, 2.75) is 57.5 Å². The van der Waals surface area contributed by atoms with Crippen LogP contribution < -0.4 is 16.2 Å². The number of aromatic amines is 2. The van der Waals surface area contributed by atoms with Gasteiger partial charge in [0.2, 0.25) is 0 Å². The molecule has 3 aromatic carbocycles. The summed E-state index contributed by atoms with van der Waals surface area (Å²) in [6.07, 6.45) is 4.75. The van der Waals surface area contributed by atoms with Crippen LogP contribution in [0, 0.1) is 13.8 Å². The molecule has 3 aromatic heterocycles. The number of hydrogen-bond acceptors (Lipinski definition) is 9. The second-order valence-electron chi connectivity index (χ2n) is 14.0. The molecule has 55 heavy (non-hydrogen) atoms. The SMILES string of the molecule is COC(=O)[C@@H](Cc1cc(C)c2c(cnn2C(=O)N[C@H](Cc2cc(C)c3[nH]ncc3c2)C(=O)OC)c1)NC(=O)N1CCC(c2cc3ccccc3[nH]c2=O)CC1. The van der Waals surface area contributed by atoms with Gasteiger partial charge >= 0.3 is 24.0 Å². The van der Waals surface area contributed by atoms with Gasteiger partial charge < -0.3 is 30.0 Å². The third-order valence-electron chi connectivity index (χ3n) is 10.4. The Labute approximate surface area is 315 Å². The van der Waals surface area contributed by atoms with E-state index < -0.39 is 36.1 Å². The predicted molar refractivity (Wildman–Crippen MR) is 205 cm³/mol. The predicted octanol–water partition coefficient (Wildman–Crippen LogP) is 4.39. The van der Waals surface area contributed by atoms with Crippen LogP contribution in [0.5, 0.6) is 0 Å². The first-order valence-corrected chi connectivity index (χ1v) is 18.1. The van der Waals surface area contributed by atoms with Gasteiger partial charge in [0.15, 0.2) is 0 Å². The van der Waals surface area contributed by atoms with Crippen molar-refractivity contribution in [3.05, 3.63) is 105 Å². The van der Waals surface area contributed by atoms with Gasteiger partial charge in [0.05, 0.1) is 37.6 Å². The largest absolute Gasteiger partial charge is 0.467 e. The Balaban J connectivity index is 1.02. The summed E-state index contributed by atoms with van der Waals surface area (Å²) < 4.78 is 11.3. The number of piperidine rings is 1. The normalized spacial score (nSPS) is 14.5. The molecule has 3 amide bonds. The van der Waals surface area contributed by atoms with Crippen molar-refractivity contribution in [3.63, 3.8) is 0 Å². The summed E-state index contributed by atoms with van der Waals surface area (Å²) in [5.74, 6) is -1.20. The minimum Gasteiger partial charge on any atom is -0.467 e. The van der Waals surface area contributed by atoms with E-state index in [1.54, 1.807) is 17.2 Å². The van der Waals surface area contributed by atoms with E-state index in [1.165, 1.54) is 25.1 Å². The summed E-state index contributed by atoms with van der Waals surface area (Å²) in [6.45, 7) is 4.58. The average molecular weight is 747 g/mol. The maximum Gasteiger partial charge on any atom is 0.343 e. The number of likely N-dealkylation sites (tertiary alicyclic amines) is 1. The molecule has 1 aliphatic rings.